The quantitative estimate of drug-likeness (QED) is 0.866. The van der Waals surface area contributed by atoms with E-state index in [9.17, 15) is 0 Å². The van der Waals surface area contributed by atoms with Gasteiger partial charge in [0.05, 0.1) is 6.04 Å². The molecule has 2 rings (SSSR count). The van der Waals surface area contributed by atoms with Gasteiger partial charge in [0.1, 0.15) is 5.01 Å². The molecule has 1 fully saturated rings. The monoisotopic (exact) mass is 238 g/mol. The normalized spacial score (nSPS) is 27.9. The van der Waals surface area contributed by atoms with Crippen molar-refractivity contribution in [1.82, 2.24) is 10.3 Å². The van der Waals surface area contributed by atoms with Crippen molar-refractivity contribution in [2.75, 3.05) is 6.54 Å². The molecule has 2 nitrogen and oxygen atoms in total. The molecule has 0 spiro atoms. The second kappa shape index (κ2) is 5.78. The second-order valence-electron chi connectivity index (χ2n) is 4.94. The lowest BCUT2D eigenvalue weighted by atomic mass is 9.78. The summed E-state index contributed by atoms with van der Waals surface area (Å²) in [4.78, 5) is 4.49. The highest BCUT2D eigenvalue weighted by atomic mass is 32.1. The van der Waals surface area contributed by atoms with Gasteiger partial charge in [0, 0.05) is 11.6 Å². The smallest absolute Gasteiger partial charge is 0.110 e. The summed E-state index contributed by atoms with van der Waals surface area (Å²) in [5.74, 6) is 1.68. The number of rotatable bonds is 4. The van der Waals surface area contributed by atoms with Gasteiger partial charge in [-0.25, -0.2) is 4.98 Å². The van der Waals surface area contributed by atoms with E-state index < -0.39 is 0 Å². The zero-order valence-electron chi connectivity index (χ0n) is 10.3. The van der Waals surface area contributed by atoms with Crippen LogP contribution in [0.1, 0.15) is 50.6 Å². The van der Waals surface area contributed by atoms with Crippen LogP contribution in [0.3, 0.4) is 0 Å². The van der Waals surface area contributed by atoms with E-state index in [0.717, 1.165) is 18.4 Å². The zero-order valence-corrected chi connectivity index (χ0v) is 11.1. The van der Waals surface area contributed by atoms with Crippen LogP contribution in [0.25, 0.3) is 0 Å². The predicted octanol–water partition coefficient (Wildman–Crippen LogP) is 3.62. The van der Waals surface area contributed by atoms with Gasteiger partial charge in [-0.05, 0) is 31.2 Å². The molecule has 1 heterocycles. The number of aromatic nitrogens is 1. The third kappa shape index (κ3) is 2.83. The van der Waals surface area contributed by atoms with Crippen LogP contribution in [-0.2, 0) is 0 Å². The largest absolute Gasteiger partial charge is 0.308 e. The first-order chi connectivity index (χ1) is 7.81. The highest BCUT2D eigenvalue weighted by molar-refractivity contribution is 7.09. The average molecular weight is 238 g/mol. The molecule has 1 aromatic rings. The molecule has 0 radical (unpaired) electrons. The Morgan fingerprint density at radius 1 is 1.56 bits per heavy atom. The Hall–Kier alpha value is -0.410. The van der Waals surface area contributed by atoms with E-state index >= 15 is 0 Å². The standard InChI is InChI=1S/C13H22N2S/c1-3-14-12(13-15-7-8-16-13)11-6-4-5-10(2)9-11/h7-8,10-12,14H,3-6,9H2,1-2H3. The van der Waals surface area contributed by atoms with Crippen LogP contribution in [0, 0.1) is 11.8 Å². The highest BCUT2D eigenvalue weighted by Gasteiger charge is 2.28. The molecule has 1 saturated carbocycles. The van der Waals surface area contributed by atoms with E-state index in [-0.39, 0.29) is 0 Å². The fourth-order valence-corrected chi connectivity index (χ4v) is 3.65. The Labute approximate surface area is 102 Å². The molecular weight excluding hydrogens is 216 g/mol. The summed E-state index contributed by atoms with van der Waals surface area (Å²) in [6.07, 6.45) is 7.45. The van der Waals surface area contributed by atoms with E-state index in [2.05, 4.69) is 29.5 Å². The van der Waals surface area contributed by atoms with Gasteiger partial charge in [-0.1, -0.05) is 26.7 Å². The Morgan fingerprint density at radius 3 is 3.06 bits per heavy atom. The summed E-state index contributed by atoms with van der Waals surface area (Å²) >= 11 is 1.79. The van der Waals surface area contributed by atoms with Crippen molar-refractivity contribution in [3.05, 3.63) is 16.6 Å². The number of nitrogens with one attached hydrogen (secondary N) is 1. The SMILES string of the molecule is CCNC(c1nccs1)C1CCCC(C)C1. The first-order valence-electron chi connectivity index (χ1n) is 6.44. The third-order valence-corrected chi connectivity index (χ3v) is 4.45. The van der Waals surface area contributed by atoms with Gasteiger partial charge in [0.2, 0.25) is 0 Å². The third-order valence-electron chi connectivity index (χ3n) is 3.59. The topological polar surface area (TPSA) is 24.9 Å². The van der Waals surface area contributed by atoms with Gasteiger partial charge in [-0.15, -0.1) is 11.3 Å². The maximum absolute atomic E-state index is 4.49. The Balaban J connectivity index is 2.06. The second-order valence-corrected chi connectivity index (χ2v) is 5.86. The van der Waals surface area contributed by atoms with Crippen LogP contribution in [-0.4, -0.2) is 11.5 Å². The van der Waals surface area contributed by atoms with Crippen molar-refractivity contribution in [2.45, 2.75) is 45.6 Å². The Morgan fingerprint density at radius 2 is 2.44 bits per heavy atom. The van der Waals surface area contributed by atoms with Gasteiger partial charge in [0.15, 0.2) is 0 Å². The van der Waals surface area contributed by atoms with E-state index in [0.29, 0.717) is 6.04 Å². The summed E-state index contributed by atoms with van der Waals surface area (Å²) in [7, 11) is 0. The average Bonchev–Trinajstić information content (AvgIpc) is 2.79. The zero-order chi connectivity index (χ0) is 11.4. The van der Waals surface area contributed by atoms with Crippen molar-refractivity contribution in [2.24, 2.45) is 11.8 Å². The van der Waals surface area contributed by atoms with Crippen molar-refractivity contribution in [1.29, 1.82) is 0 Å². The maximum Gasteiger partial charge on any atom is 0.110 e. The summed E-state index contributed by atoms with van der Waals surface area (Å²) < 4.78 is 0. The van der Waals surface area contributed by atoms with Crippen LogP contribution in [0.15, 0.2) is 11.6 Å². The molecule has 1 aromatic heterocycles. The predicted molar refractivity (Wildman–Crippen MR) is 69.7 cm³/mol. The minimum atomic E-state index is 0.493. The maximum atomic E-state index is 4.49. The number of hydrogen-bond donors (Lipinski definition) is 1. The first kappa shape index (κ1) is 12.1. The molecule has 0 aromatic carbocycles. The van der Waals surface area contributed by atoms with Gasteiger partial charge in [0.25, 0.3) is 0 Å². The van der Waals surface area contributed by atoms with E-state index in [4.69, 9.17) is 0 Å². The van der Waals surface area contributed by atoms with Crippen molar-refractivity contribution in [3.63, 3.8) is 0 Å². The molecular formula is C13H22N2S. The van der Waals surface area contributed by atoms with Crippen LogP contribution in [0.5, 0.6) is 0 Å². The highest BCUT2D eigenvalue weighted by Crippen LogP contribution is 2.37. The van der Waals surface area contributed by atoms with Crippen LogP contribution >= 0.6 is 11.3 Å². The van der Waals surface area contributed by atoms with Crippen molar-refractivity contribution < 1.29 is 0 Å². The van der Waals surface area contributed by atoms with Gasteiger partial charge >= 0.3 is 0 Å². The minimum Gasteiger partial charge on any atom is -0.308 e. The van der Waals surface area contributed by atoms with Crippen LogP contribution in [0.2, 0.25) is 0 Å². The van der Waals surface area contributed by atoms with E-state index in [1.54, 1.807) is 11.3 Å². The molecule has 0 amide bonds. The summed E-state index contributed by atoms with van der Waals surface area (Å²) in [6.45, 7) is 5.61. The lowest BCUT2D eigenvalue weighted by Crippen LogP contribution is -2.31. The van der Waals surface area contributed by atoms with Gasteiger partial charge in [-0.3, -0.25) is 0 Å². The molecule has 3 heteroatoms. The molecule has 16 heavy (non-hydrogen) atoms. The molecule has 0 aliphatic heterocycles. The Bertz CT molecular complexity index is 297. The lowest BCUT2D eigenvalue weighted by molar-refractivity contribution is 0.225. The lowest BCUT2D eigenvalue weighted by Gasteiger charge is -2.32. The first-order valence-corrected chi connectivity index (χ1v) is 7.32. The van der Waals surface area contributed by atoms with Crippen molar-refractivity contribution in [3.8, 4) is 0 Å². The number of hydrogen-bond acceptors (Lipinski definition) is 3. The molecule has 90 valence electrons. The molecule has 3 unspecified atom stereocenters. The number of nitrogens with zero attached hydrogens (tertiary/aromatic N) is 1. The molecule has 0 saturated heterocycles. The molecule has 1 N–H and O–H groups in total. The van der Waals surface area contributed by atoms with Gasteiger partial charge < -0.3 is 5.32 Å². The fourth-order valence-electron chi connectivity index (χ4n) is 2.85. The minimum absolute atomic E-state index is 0.493. The summed E-state index contributed by atoms with van der Waals surface area (Å²) in [5.41, 5.74) is 0. The summed E-state index contributed by atoms with van der Waals surface area (Å²) in [5, 5.41) is 6.99. The van der Waals surface area contributed by atoms with E-state index in [1.165, 1.54) is 30.7 Å². The van der Waals surface area contributed by atoms with Gasteiger partial charge in [-0.2, -0.15) is 0 Å². The summed E-state index contributed by atoms with van der Waals surface area (Å²) in [6, 6.07) is 0.493. The molecule has 1 aliphatic carbocycles. The van der Waals surface area contributed by atoms with Crippen LogP contribution in [0.4, 0.5) is 0 Å². The number of thiazole rings is 1. The molecule has 3 atom stereocenters. The molecule has 1 aliphatic rings. The van der Waals surface area contributed by atoms with Crippen LogP contribution < -0.4 is 5.32 Å². The Kier molecular flexibility index (Phi) is 4.36. The fraction of sp³-hybridized carbons (Fsp3) is 0.769. The van der Waals surface area contributed by atoms with E-state index in [1.807, 2.05) is 6.20 Å². The van der Waals surface area contributed by atoms with Crippen molar-refractivity contribution >= 4 is 11.3 Å². The molecule has 0 bridgehead atoms.